The first-order valence-corrected chi connectivity index (χ1v) is 9.88. The van der Waals surface area contributed by atoms with E-state index < -0.39 is 0 Å². The normalized spacial score (nSPS) is 20.2. The highest BCUT2D eigenvalue weighted by Crippen LogP contribution is 2.59. The van der Waals surface area contributed by atoms with E-state index in [-0.39, 0.29) is 17.2 Å². The minimum Gasteiger partial charge on any atom is -0.449 e. The molecule has 1 spiro atoms. The molecule has 3 aromatic rings. The van der Waals surface area contributed by atoms with Crippen molar-refractivity contribution in [3.8, 4) is 0 Å². The van der Waals surface area contributed by atoms with Crippen molar-refractivity contribution in [1.29, 1.82) is 0 Å². The number of furan rings is 1. The molecule has 0 aromatic carbocycles. The van der Waals surface area contributed by atoms with Crippen molar-refractivity contribution in [3.05, 3.63) is 47.8 Å². The molecule has 2 amide bonds. The number of nitrogens with zero attached hydrogens (tertiary/aromatic N) is 3. The molecule has 4 heterocycles. The maximum atomic E-state index is 12.6. The van der Waals surface area contributed by atoms with E-state index in [2.05, 4.69) is 15.5 Å². The van der Waals surface area contributed by atoms with Gasteiger partial charge in [-0.2, -0.15) is 0 Å². The highest BCUT2D eigenvalue weighted by atomic mass is 16.5. The first-order chi connectivity index (χ1) is 14.1. The van der Waals surface area contributed by atoms with Gasteiger partial charge in [-0.15, -0.1) is 0 Å². The molecule has 29 heavy (non-hydrogen) atoms. The molecule has 0 radical (unpaired) electrons. The lowest BCUT2D eigenvalue weighted by atomic mass is 9.90. The molecule has 1 N–H and O–H groups in total. The Hall–Kier alpha value is -3.16. The zero-order valence-electron chi connectivity index (χ0n) is 16.2. The topological polar surface area (TPSA) is 101 Å². The first-order valence-electron chi connectivity index (χ1n) is 9.88. The minimum absolute atomic E-state index is 0.0107. The van der Waals surface area contributed by atoms with E-state index in [4.69, 9.17) is 8.94 Å². The summed E-state index contributed by atoms with van der Waals surface area (Å²) in [5, 5.41) is 7.57. The average Bonchev–Trinajstić information content (AvgIpc) is 3.08. The molecule has 8 nitrogen and oxygen atoms in total. The number of hydrogen-bond donors (Lipinski definition) is 1. The van der Waals surface area contributed by atoms with Crippen LogP contribution in [0, 0.1) is 18.3 Å². The van der Waals surface area contributed by atoms with Gasteiger partial charge in [0, 0.05) is 31.2 Å². The predicted molar refractivity (Wildman–Crippen MR) is 103 cm³/mol. The Kier molecular flexibility index (Phi) is 4.15. The summed E-state index contributed by atoms with van der Waals surface area (Å²) in [6.07, 6.45) is 7.78. The van der Waals surface area contributed by atoms with Gasteiger partial charge < -0.3 is 19.2 Å². The van der Waals surface area contributed by atoms with Crippen molar-refractivity contribution in [2.24, 2.45) is 11.3 Å². The number of aryl methyl sites for hydroxylation is 1. The smallest absolute Gasteiger partial charge is 0.287 e. The molecule has 1 aliphatic carbocycles. The number of amides is 2. The van der Waals surface area contributed by atoms with E-state index in [9.17, 15) is 9.59 Å². The molecule has 1 saturated carbocycles. The van der Waals surface area contributed by atoms with Crippen molar-refractivity contribution >= 4 is 22.8 Å². The van der Waals surface area contributed by atoms with E-state index in [0.717, 1.165) is 37.7 Å². The van der Waals surface area contributed by atoms with Crippen molar-refractivity contribution in [2.45, 2.75) is 26.2 Å². The number of aromatic nitrogens is 2. The van der Waals surface area contributed by atoms with Crippen LogP contribution in [0.4, 0.5) is 0 Å². The molecule has 0 bridgehead atoms. The van der Waals surface area contributed by atoms with Gasteiger partial charge >= 0.3 is 0 Å². The van der Waals surface area contributed by atoms with Crippen LogP contribution in [0.2, 0.25) is 0 Å². The Morgan fingerprint density at radius 1 is 1.31 bits per heavy atom. The SMILES string of the molecule is Cc1oncc1C(=O)N1CCC2(CC1)CC2CNC(=O)c1cc2ccncc2o1. The highest BCUT2D eigenvalue weighted by Gasteiger charge is 2.54. The summed E-state index contributed by atoms with van der Waals surface area (Å²) < 4.78 is 10.6. The van der Waals surface area contributed by atoms with Gasteiger partial charge in [-0.3, -0.25) is 14.6 Å². The Morgan fingerprint density at radius 3 is 2.86 bits per heavy atom. The van der Waals surface area contributed by atoms with E-state index in [1.54, 1.807) is 25.4 Å². The number of nitrogens with one attached hydrogen (secondary N) is 1. The van der Waals surface area contributed by atoms with Crippen molar-refractivity contribution in [2.75, 3.05) is 19.6 Å². The van der Waals surface area contributed by atoms with Crippen LogP contribution in [-0.2, 0) is 0 Å². The molecular formula is C21H22N4O4. The molecular weight excluding hydrogens is 372 g/mol. The molecule has 8 heteroatoms. The summed E-state index contributed by atoms with van der Waals surface area (Å²) in [5.41, 5.74) is 1.40. The van der Waals surface area contributed by atoms with Crippen LogP contribution in [0.1, 0.15) is 45.9 Å². The standard InChI is InChI=1S/C21H22N4O4/c1-13-16(11-24-29-13)20(27)25-6-3-21(4-7-25)9-15(21)10-23-19(26)17-8-14-2-5-22-12-18(14)28-17/h2,5,8,11-12,15H,3-4,6-7,9-10H2,1H3,(H,23,26). The van der Waals surface area contributed by atoms with Crippen LogP contribution in [-0.4, -0.2) is 46.5 Å². The number of fused-ring (bicyclic) bond motifs is 1. The zero-order chi connectivity index (χ0) is 20.0. The van der Waals surface area contributed by atoms with Crippen molar-refractivity contribution in [3.63, 3.8) is 0 Å². The number of hydrogen-bond acceptors (Lipinski definition) is 6. The van der Waals surface area contributed by atoms with Crippen LogP contribution in [0.3, 0.4) is 0 Å². The zero-order valence-corrected chi connectivity index (χ0v) is 16.2. The van der Waals surface area contributed by atoms with Crippen LogP contribution < -0.4 is 5.32 Å². The van der Waals surface area contributed by atoms with E-state index >= 15 is 0 Å². The first kappa shape index (κ1) is 17.9. The van der Waals surface area contributed by atoms with Gasteiger partial charge in [0.05, 0.1) is 12.4 Å². The largest absolute Gasteiger partial charge is 0.449 e. The Labute approximate surface area is 167 Å². The minimum atomic E-state index is -0.196. The molecule has 2 aliphatic rings. The van der Waals surface area contributed by atoms with Gasteiger partial charge in [-0.05, 0) is 49.7 Å². The van der Waals surface area contributed by atoms with E-state index in [1.165, 1.54) is 6.20 Å². The van der Waals surface area contributed by atoms with Gasteiger partial charge in [0.1, 0.15) is 11.3 Å². The second kappa shape index (κ2) is 6.72. The van der Waals surface area contributed by atoms with Gasteiger partial charge in [0.25, 0.3) is 11.8 Å². The van der Waals surface area contributed by atoms with Gasteiger partial charge in [0.2, 0.25) is 0 Å². The van der Waals surface area contributed by atoms with E-state index in [1.807, 2.05) is 11.0 Å². The molecule has 3 aromatic heterocycles. The van der Waals surface area contributed by atoms with Gasteiger partial charge in [-0.1, -0.05) is 5.16 Å². The van der Waals surface area contributed by atoms with E-state index in [0.29, 0.717) is 35.1 Å². The summed E-state index contributed by atoms with van der Waals surface area (Å²) in [6.45, 7) is 3.84. The molecule has 1 unspecified atom stereocenters. The second-order valence-corrected chi connectivity index (χ2v) is 8.09. The molecule has 2 fully saturated rings. The van der Waals surface area contributed by atoms with Gasteiger partial charge in [0.15, 0.2) is 11.3 Å². The third-order valence-electron chi connectivity index (χ3n) is 6.44. The maximum absolute atomic E-state index is 12.6. The lowest BCUT2D eigenvalue weighted by molar-refractivity contribution is 0.0667. The molecule has 150 valence electrons. The third-order valence-corrected chi connectivity index (χ3v) is 6.44. The summed E-state index contributed by atoms with van der Waals surface area (Å²) >= 11 is 0. The predicted octanol–water partition coefficient (Wildman–Crippen LogP) is 2.80. The average molecular weight is 394 g/mol. The molecule has 1 atom stereocenters. The molecule has 1 saturated heterocycles. The van der Waals surface area contributed by atoms with Crippen LogP contribution in [0.15, 0.2) is 39.7 Å². The van der Waals surface area contributed by atoms with Crippen LogP contribution in [0.25, 0.3) is 11.0 Å². The number of piperidine rings is 1. The fraction of sp³-hybridized carbons (Fsp3) is 0.429. The van der Waals surface area contributed by atoms with Crippen LogP contribution >= 0.6 is 0 Å². The highest BCUT2D eigenvalue weighted by molar-refractivity contribution is 5.96. The number of likely N-dealkylation sites (tertiary alicyclic amines) is 1. The summed E-state index contributed by atoms with van der Waals surface area (Å²) in [5.74, 6) is 1.12. The number of rotatable bonds is 4. The summed E-state index contributed by atoms with van der Waals surface area (Å²) in [7, 11) is 0. The van der Waals surface area contributed by atoms with Crippen molar-refractivity contribution in [1.82, 2.24) is 20.4 Å². The number of carbonyl (C=O) groups is 2. The quantitative estimate of drug-likeness (QED) is 0.730. The lowest BCUT2D eigenvalue weighted by Crippen LogP contribution is -2.40. The Bertz CT molecular complexity index is 1040. The summed E-state index contributed by atoms with van der Waals surface area (Å²) in [6, 6.07) is 3.56. The number of carbonyl (C=O) groups excluding carboxylic acids is 2. The van der Waals surface area contributed by atoms with Gasteiger partial charge in [-0.25, -0.2) is 0 Å². The summed E-state index contributed by atoms with van der Waals surface area (Å²) in [4.78, 5) is 30.9. The Balaban J connectivity index is 1.14. The van der Waals surface area contributed by atoms with Crippen LogP contribution in [0.5, 0.6) is 0 Å². The van der Waals surface area contributed by atoms with Crippen molar-refractivity contribution < 1.29 is 18.5 Å². The maximum Gasteiger partial charge on any atom is 0.287 e. The molecule has 1 aliphatic heterocycles. The fourth-order valence-corrected chi connectivity index (χ4v) is 4.46. The second-order valence-electron chi connectivity index (χ2n) is 8.09. The fourth-order valence-electron chi connectivity index (χ4n) is 4.46. The third kappa shape index (κ3) is 3.18. The lowest BCUT2D eigenvalue weighted by Gasteiger charge is -2.33. The Morgan fingerprint density at radius 2 is 2.14 bits per heavy atom. The number of pyridine rings is 1. The molecule has 5 rings (SSSR count). The monoisotopic (exact) mass is 394 g/mol.